The van der Waals surface area contributed by atoms with E-state index in [4.69, 9.17) is 34.8 Å². The Morgan fingerprint density at radius 1 is 1.40 bits per heavy atom. The summed E-state index contributed by atoms with van der Waals surface area (Å²) in [7, 11) is 1.81. The lowest BCUT2D eigenvalue weighted by atomic mass is 9.98. The van der Waals surface area contributed by atoms with E-state index in [0.29, 0.717) is 22.3 Å². The highest BCUT2D eigenvalue weighted by molar-refractivity contribution is 6.31. The molecule has 0 aliphatic carbocycles. The maximum absolute atomic E-state index is 6.25. The quantitative estimate of drug-likeness (QED) is 0.460. The Balaban J connectivity index is 2.33. The molecule has 0 radical (unpaired) electrons. The van der Waals surface area contributed by atoms with Crippen molar-refractivity contribution in [2.45, 2.75) is 19.4 Å². The van der Waals surface area contributed by atoms with Crippen LogP contribution >= 0.6 is 23.2 Å². The molecule has 0 spiro atoms. The molecule has 7 heteroatoms. The van der Waals surface area contributed by atoms with Gasteiger partial charge in [-0.3, -0.25) is 16.0 Å². The number of hydrogen-bond acceptors (Lipinski definition) is 4. The molecular weight excluding hydrogens is 297 g/mol. The maximum Gasteiger partial charge on any atom is 0.130 e. The number of nitrogens with zero attached hydrogens (tertiary/aromatic N) is 2. The van der Waals surface area contributed by atoms with Crippen LogP contribution in [-0.2, 0) is 13.5 Å². The number of anilines is 1. The van der Waals surface area contributed by atoms with Crippen molar-refractivity contribution >= 4 is 28.9 Å². The van der Waals surface area contributed by atoms with E-state index in [1.807, 2.05) is 13.0 Å². The van der Waals surface area contributed by atoms with E-state index in [2.05, 4.69) is 10.5 Å². The molecular formula is C13H17Cl2N5. The molecule has 1 atom stereocenters. The molecule has 0 bridgehead atoms. The van der Waals surface area contributed by atoms with Gasteiger partial charge in [0.05, 0.1) is 11.7 Å². The van der Waals surface area contributed by atoms with Gasteiger partial charge in [-0.1, -0.05) is 29.3 Å². The molecule has 20 heavy (non-hydrogen) atoms. The highest BCUT2D eigenvalue weighted by atomic mass is 35.5. The summed E-state index contributed by atoms with van der Waals surface area (Å²) in [6.07, 6.45) is 0.598. The molecule has 2 rings (SSSR count). The van der Waals surface area contributed by atoms with E-state index in [1.165, 1.54) is 0 Å². The molecule has 0 saturated carbocycles. The van der Waals surface area contributed by atoms with E-state index in [1.54, 1.807) is 23.9 Å². The van der Waals surface area contributed by atoms with Crippen molar-refractivity contribution in [1.29, 1.82) is 0 Å². The Morgan fingerprint density at radius 3 is 2.60 bits per heavy atom. The maximum atomic E-state index is 6.25. The van der Waals surface area contributed by atoms with Gasteiger partial charge in [-0.15, -0.1) is 0 Å². The van der Waals surface area contributed by atoms with Crippen molar-refractivity contribution < 1.29 is 0 Å². The average molecular weight is 314 g/mol. The number of nitrogens with two attached hydrogens (primary N) is 2. The molecule has 0 aliphatic rings. The molecule has 0 saturated heterocycles. The first-order chi connectivity index (χ1) is 9.43. The fraction of sp³-hybridized carbons (Fsp3) is 0.308. The molecule has 108 valence electrons. The monoisotopic (exact) mass is 313 g/mol. The first-order valence-corrected chi connectivity index (χ1v) is 6.88. The van der Waals surface area contributed by atoms with E-state index >= 15 is 0 Å². The number of hydrazine groups is 1. The molecule has 1 heterocycles. The Kier molecular flexibility index (Phi) is 4.55. The highest BCUT2D eigenvalue weighted by Gasteiger charge is 2.19. The number of rotatable bonds is 4. The number of aryl methyl sites for hydroxylation is 2. The van der Waals surface area contributed by atoms with Crippen LogP contribution in [0, 0.1) is 6.92 Å². The lowest BCUT2D eigenvalue weighted by Crippen LogP contribution is -2.30. The summed E-state index contributed by atoms with van der Waals surface area (Å²) < 4.78 is 1.64. The predicted molar refractivity (Wildman–Crippen MR) is 82.6 cm³/mol. The standard InChI is InChI=1S/C13H17Cl2N5/c1-7-10(13(15)20(2)19-7)6-12(18-17)9-4-3-8(14)5-11(9)16/h3-5,12,18H,6,16-17H2,1-2H3. The second kappa shape index (κ2) is 6.01. The molecule has 1 aromatic heterocycles. The van der Waals surface area contributed by atoms with Crippen molar-refractivity contribution in [3.05, 3.63) is 45.2 Å². The van der Waals surface area contributed by atoms with Gasteiger partial charge in [0.15, 0.2) is 0 Å². The summed E-state index contributed by atoms with van der Waals surface area (Å²) in [4.78, 5) is 0. The third-order valence-electron chi connectivity index (χ3n) is 3.30. The normalized spacial score (nSPS) is 12.7. The lowest BCUT2D eigenvalue weighted by molar-refractivity contribution is 0.552. The Morgan fingerprint density at radius 2 is 2.10 bits per heavy atom. The lowest BCUT2D eigenvalue weighted by Gasteiger charge is -2.18. The fourth-order valence-corrected chi connectivity index (χ4v) is 2.66. The van der Waals surface area contributed by atoms with Crippen LogP contribution in [-0.4, -0.2) is 9.78 Å². The summed E-state index contributed by atoms with van der Waals surface area (Å²) >= 11 is 12.2. The van der Waals surface area contributed by atoms with Crippen LogP contribution in [0.5, 0.6) is 0 Å². The topological polar surface area (TPSA) is 81.9 Å². The summed E-state index contributed by atoms with van der Waals surface area (Å²) in [5.41, 5.74) is 12.1. The Labute approximate surface area is 127 Å². The van der Waals surface area contributed by atoms with Crippen LogP contribution in [0.15, 0.2) is 18.2 Å². The molecule has 2 aromatic rings. The first kappa shape index (κ1) is 15.1. The summed E-state index contributed by atoms with van der Waals surface area (Å²) in [5, 5.41) is 5.49. The fourth-order valence-electron chi connectivity index (χ4n) is 2.23. The van der Waals surface area contributed by atoms with Crippen LogP contribution in [0.4, 0.5) is 5.69 Å². The zero-order chi connectivity index (χ0) is 14.9. The molecule has 0 amide bonds. The Hall–Kier alpha value is -1.27. The van der Waals surface area contributed by atoms with Crippen molar-refractivity contribution in [3.8, 4) is 0 Å². The van der Waals surface area contributed by atoms with E-state index in [-0.39, 0.29) is 6.04 Å². The third kappa shape index (κ3) is 2.91. The summed E-state index contributed by atoms with van der Waals surface area (Å²) in [6.45, 7) is 1.92. The SMILES string of the molecule is Cc1nn(C)c(Cl)c1CC(NN)c1ccc(Cl)cc1N. The van der Waals surface area contributed by atoms with Gasteiger partial charge in [0.25, 0.3) is 0 Å². The van der Waals surface area contributed by atoms with E-state index in [0.717, 1.165) is 16.8 Å². The average Bonchev–Trinajstić information content (AvgIpc) is 2.62. The van der Waals surface area contributed by atoms with Gasteiger partial charge in [0, 0.05) is 23.3 Å². The zero-order valence-corrected chi connectivity index (χ0v) is 12.8. The minimum atomic E-state index is -0.160. The molecule has 1 unspecified atom stereocenters. The van der Waals surface area contributed by atoms with E-state index < -0.39 is 0 Å². The van der Waals surface area contributed by atoms with Crippen molar-refractivity contribution in [2.24, 2.45) is 12.9 Å². The number of benzene rings is 1. The smallest absolute Gasteiger partial charge is 0.130 e. The van der Waals surface area contributed by atoms with Crippen molar-refractivity contribution in [1.82, 2.24) is 15.2 Å². The van der Waals surface area contributed by atoms with Crippen LogP contribution in [0.3, 0.4) is 0 Å². The summed E-state index contributed by atoms with van der Waals surface area (Å²) in [6, 6.07) is 5.20. The van der Waals surface area contributed by atoms with Gasteiger partial charge in [0.1, 0.15) is 5.15 Å². The van der Waals surface area contributed by atoms with Gasteiger partial charge in [0.2, 0.25) is 0 Å². The minimum Gasteiger partial charge on any atom is -0.398 e. The third-order valence-corrected chi connectivity index (χ3v) is 4.01. The molecule has 0 fully saturated rings. The van der Waals surface area contributed by atoms with Gasteiger partial charge in [-0.05, 0) is 31.0 Å². The molecule has 1 aromatic carbocycles. The number of nitrogen functional groups attached to an aromatic ring is 1. The minimum absolute atomic E-state index is 0.160. The Bertz CT molecular complexity index is 623. The number of hydrogen-bond donors (Lipinski definition) is 3. The van der Waals surface area contributed by atoms with Gasteiger partial charge in [-0.2, -0.15) is 5.10 Å². The van der Waals surface area contributed by atoms with Crippen LogP contribution in [0.1, 0.15) is 22.9 Å². The van der Waals surface area contributed by atoms with Gasteiger partial charge < -0.3 is 5.73 Å². The number of aromatic nitrogens is 2. The second-order valence-corrected chi connectivity index (χ2v) is 5.47. The van der Waals surface area contributed by atoms with Gasteiger partial charge in [-0.25, -0.2) is 0 Å². The van der Waals surface area contributed by atoms with E-state index in [9.17, 15) is 0 Å². The van der Waals surface area contributed by atoms with Gasteiger partial charge >= 0.3 is 0 Å². The molecule has 0 aliphatic heterocycles. The number of halogens is 2. The van der Waals surface area contributed by atoms with Crippen LogP contribution in [0.2, 0.25) is 10.2 Å². The molecule has 5 nitrogen and oxygen atoms in total. The predicted octanol–water partition coefficient (Wildman–Crippen LogP) is 2.36. The van der Waals surface area contributed by atoms with Crippen molar-refractivity contribution in [2.75, 3.05) is 5.73 Å². The summed E-state index contributed by atoms with van der Waals surface area (Å²) in [5.74, 6) is 5.66. The van der Waals surface area contributed by atoms with Crippen LogP contribution in [0.25, 0.3) is 0 Å². The zero-order valence-electron chi connectivity index (χ0n) is 11.3. The van der Waals surface area contributed by atoms with Crippen molar-refractivity contribution in [3.63, 3.8) is 0 Å². The highest BCUT2D eigenvalue weighted by Crippen LogP contribution is 2.29. The van der Waals surface area contributed by atoms with Crippen LogP contribution < -0.4 is 17.0 Å². The largest absolute Gasteiger partial charge is 0.398 e. The first-order valence-electron chi connectivity index (χ1n) is 6.13. The number of nitrogens with one attached hydrogen (secondary N) is 1. The molecule has 5 N–H and O–H groups in total. The second-order valence-electron chi connectivity index (χ2n) is 4.67.